The van der Waals surface area contributed by atoms with Crippen molar-refractivity contribution in [2.75, 3.05) is 0 Å². The minimum atomic E-state index is 1.15. The monoisotopic (exact) mass is 810 g/mol. The molecule has 296 valence electrons. The molecule has 11 aromatic carbocycles. The molecule has 14 rings (SSSR count). The molecular weight excluding hydrogens is 773 g/mol. The Hall–Kier alpha value is -8.46. The van der Waals surface area contributed by atoms with E-state index in [0.717, 1.165) is 5.69 Å². The number of hydrogen-bond donors (Lipinski definition) is 0. The van der Waals surface area contributed by atoms with Crippen molar-refractivity contribution in [3.05, 3.63) is 231 Å². The maximum atomic E-state index is 2.49. The molecule has 13 aromatic rings. The molecule has 2 aromatic heterocycles. The zero-order chi connectivity index (χ0) is 41.9. The molecule has 0 fully saturated rings. The standard InChI is InChI=1S/C62H38N2/c1-2-13-39(14-3-1)46-16-8-10-23-57(46)64-60-36-29-43(38-56(60)54-32-27-40-15-4-5-17-47(40)62(54)64)42-28-35-59-55(37-42)50-20-9-11-24-58(50)63(59)44-30-25-41(26-31-44)45-33-34-53-49-19-7-6-18-48(49)52-22-12-21-51(45)61(52)53/h1-38H. The molecule has 2 heterocycles. The quantitative estimate of drug-likeness (QED) is 0.164. The van der Waals surface area contributed by atoms with E-state index in [9.17, 15) is 0 Å². The lowest BCUT2D eigenvalue weighted by Gasteiger charge is -2.15. The third-order valence-electron chi connectivity index (χ3n) is 13.9. The van der Waals surface area contributed by atoms with E-state index in [4.69, 9.17) is 0 Å². The summed E-state index contributed by atoms with van der Waals surface area (Å²) in [6.45, 7) is 0. The number of fused-ring (bicyclic) bond motifs is 11. The molecule has 1 aliphatic carbocycles. The van der Waals surface area contributed by atoms with Gasteiger partial charge in [0, 0.05) is 38.2 Å². The van der Waals surface area contributed by atoms with Crippen LogP contribution in [0.1, 0.15) is 0 Å². The summed E-state index contributed by atoms with van der Waals surface area (Å²) in [6.07, 6.45) is 0. The second kappa shape index (κ2) is 13.5. The van der Waals surface area contributed by atoms with E-state index >= 15 is 0 Å². The lowest BCUT2D eigenvalue weighted by molar-refractivity contribution is 1.18. The van der Waals surface area contributed by atoms with Crippen molar-refractivity contribution in [2.24, 2.45) is 0 Å². The fraction of sp³-hybridized carbons (Fsp3) is 0. The van der Waals surface area contributed by atoms with Crippen molar-refractivity contribution in [2.45, 2.75) is 0 Å². The normalized spacial score (nSPS) is 12.1. The van der Waals surface area contributed by atoms with Crippen LogP contribution in [-0.2, 0) is 0 Å². The molecule has 2 heteroatoms. The summed E-state index contributed by atoms with van der Waals surface area (Å²) in [6, 6.07) is 85.2. The Labute approximate surface area is 370 Å². The molecule has 0 aliphatic heterocycles. The van der Waals surface area contributed by atoms with Crippen molar-refractivity contribution in [1.82, 2.24) is 9.13 Å². The number of rotatable bonds is 5. The van der Waals surface area contributed by atoms with E-state index in [1.54, 1.807) is 0 Å². The van der Waals surface area contributed by atoms with Gasteiger partial charge in [0.15, 0.2) is 0 Å². The van der Waals surface area contributed by atoms with Gasteiger partial charge in [0.25, 0.3) is 0 Å². The Morgan fingerprint density at radius 3 is 1.59 bits per heavy atom. The van der Waals surface area contributed by atoms with Crippen LogP contribution in [0.5, 0.6) is 0 Å². The van der Waals surface area contributed by atoms with Crippen LogP contribution in [0.25, 0.3) is 132 Å². The summed E-state index contributed by atoms with van der Waals surface area (Å²) < 4.78 is 4.92. The average Bonchev–Trinajstić information content (AvgIpc) is 4.00. The highest BCUT2D eigenvalue weighted by atomic mass is 15.0. The van der Waals surface area contributed by atoms with Crippen LogP contribution < -0.4 is 0 Å². The van der Waals surface area contributed by atoms with Crippen molar-refractivity contribution < 1.29 is 0 Å². The second-order valence-corrected chi connectivity index (χ2v) is 17.2. The number of para-hydroxylation sites is 2. The highest BCUT2D eigenvalue weighted by molar-refractivity contribution is 6.21. The second-order valence-electron chi connectivity index (χ2n) is 17.2. The van der Waals surface area contributed by atoms with E-state index in [2.05, 4.69) is 240 Å². The highest BCUT2D eigenvalue weighted by Gasteiger charge is 2.23. The summed E-state index contributed by atoms with van der Waals surface area (Å²) >= 11 is 0. The lowest BCUT2D eigenvalue weighted by atomic mass is 9.94. The van der Waals surface area contributed by atoms with Gasteiger partial charge >= 0.3 is 0 Å². The van der Waals surface area contributed by atoms with Gasteiger partial charge in [0.1, 0.15) is 0 Å². The van der Waals surface area contributed by atoms with E-state index in [0.29, 0.717) is 0 Å². The van der Waals surface area contributed by atoms with Gasteiger partial charge in [-0.3, -0.25) is 0 Å². The van der Waals surface area contributed by atoms with Crippen LogP contribution in [0, 0.1) is 0 Å². The average molecular weight is 811 g/mol. The predicted octanol–water partition coefficient (Wildman–Crippen LogP) is 16.8. The van der Waals surface area contributed by atoms with Crippen molar-refractivity contribution in [3.63, 3.8) is 0 Å². The smallest absolute Gasteiger partial charge is 0.0619 e. The molecule has 0 spiro atoms. The molecule has 0 radical (unpaired) electrons. The van der Waals surface area contributed by atoms with Gasteiger partial charge < -0.3 is 9.13 Å². The van der Waals surface area contributed by atoms with E-state index in [1.807, 2.05) is 0 Å². The van der Waals surface area contributed by atoms with Crippen LogP contribution in [0.2, 0.25) is 0 Å². The number of hydrogen-bond acceptors (Lipinski definition) is 0. The van der Waals surface area contributed by atoms with Crippen molar-refractivity contribution in [3.8, 4) is 67.0 Å². The van der Waals surface area contributed by atoms with E-state index in [1.165, 1.54) is 126 Å². The number of nitrogens with zero attached hydrogens (tertiary/aromatic N) is 2. The van der Waals surface area contributed by atoms with Crippen LogP contribution in [0.3, 0.4) is 0 Å². The Kier molecular flexibility index (Phi) is 7.43. The first-order chi connectivity index (χ1) is 31.8. The zero-order valence-corrected chi connectivity index (χ0v) is 34.8. The summed E-state index contributed by atoms with van der Waals surface area (Å²) in [5, 5.41) is 10.1. The van der Waals surface area contributed by atoms with Crippen LogP contribution in [-0.4, -0.2) is 9.13 Å². The van der Waals surface area contributed by atoms with Crippen LogP contribution in [0.4, 0.5) is 0 Å². The Balaban J connectivity index is 0.901. The van der Waals surface area contributed by atoms with Gasteiger partial charge in [-0.2, -0.15) is 0 Å². The predicted molar refractivity (Wildman–Crippen MR) is 271 cm³/mol. The van der Waals surface area contributed by atoms with E-state index < -0.39 is 0 Å². The van der Waals surface area contributed by atoms with Gasteiger partial charge in [-0.15, -0.1) is 0 Å². The lowest BCUT2D eigenvalue weighted by Crippen LogP contribution is -1.97. The molecule has 0 saturated heterocycles. The van der Waals surface area contributed by atoms with Gasteiger partial charge in [-0.25, -0.2) is 0 Å². The van der Waals surface area contributed by atoms with Crippen LogP contribution >= 0.6 is 0 Å². The Morgan fingerprint density at radius 1 is 0.250 bits per heavy atom. The van der Waals surface area contributed by atoms with Crippen molar-refractivity contribution in [1.29, 1.82) is 0 Å². The molecule has 0 N–H and O–H groups in total. The largest absolute Gasteiger partial charge is 0.309 e. The molecule has 0 bridgehead atoms. The zero-order valence-electron chi connectivity index (χ0n) is 34.8. The molecule has 0 saturated carbocycles. The third-order valence-corrected chi connectivity index (χ3v) is 13.9. The minimum absolute atomic E-state index is 1.15. The first-order valence-corrected chi connectivity index (χ1v) is 22.2. The van der Waals surface area contributed by atoms with Gasteiger partial charge in [0.05, 0.1) is 27.8 Å². The maximum Gasteiger partial charge on any atom is 0.0619 e. The summed E-state index contributed by atoms with van der Waals surface area (Å²) in [7, 11) is 0. The number of aromatic nitrogens is 2. The summed E-state index contributed by atoms with van der Waals surface area (Å²) in [4.78, 5) is 0. The van der Waals surface area contributed by atoms with Crippen molar-refractivity contribution >= 4 is 65.2 Å². The highest BCUT2D eigenvalue weighted by Crippen LogP contribution is 2.49. The first kappa shape index (κ1) is 35.2. The fourth-order valence-corrected chi connectivity index (χ4v) is 11.0. The fourth-order valence-electron chi connectivity index (χ4n) is 11.0. The molecular formula is C62H38N2. The van der Waals surface area contributed by atoms with Gasteiger partial charge in [-0.1, -0.05) is 182 Å². The Morgan fingerprint density at radius 2 is 0.797 bits per heavy atom. The molecule has 64 heavy (non-hydrogen) atoms. The summed E-state index contributed by atoms with van der Waals surface area (Å²) in [5.41, 5.74) is 19.8. The molecule has 1 aliphatic rings. The topological polar surface area (TPSA) is 9.86 Å². The van der Waals surface area contributed by atoms with Crippen LogP contribution in [0.15, 0.2) is 231 Å². The number of benzene rings is 11. The molecule has 0 atom stereocenters. The maximum absolute atomic E-state index is 2.49. The summed E-state index contributed by atoms with van der Waals surface area (Å²) in [5.74, 6) is 0. The molecule has 2 nitrogen and oxygen atoms in total. The van der Waals surface area contributed by atoms with Gasteiger partial charge in [-0.05, 0) is 115 Å². The van der Waals surface area contributed by atoms with Gasteiger partial charge in [0.2, 0.25) is 0 Å². The SMILES string of the molecule is c1ccc(-c2ccccc2-n2c3ccc(-c4ccc5c(c4)c4ccccc4n5-c4ccc(-c5ccc6c7c(cccc57)-c5ccccc5-6)cc4)cc3c3ccc4ccccc4c32)cc1. The first-order valence-electron chi connectivity index (χ1n) is 22.2. The molecule has 0 amide bonds. The Bertz CT molecular complexity index is 4020. The molecule has 0 unspecified atom stereocenters. The minimum Gasteiger partial charge on any atom is -0.309 e. The van der Waals surface area contributed by atoms with E-state index in [-0.39, 0.29) is 0 Å². The third kappa shape index (κ3) is 5.02.